The number of carbonyl (C=O) groups is 1. The summed E-state index contributed by atoms with van der Waals surface area (Å²) in [7, 11) is 2.01. The number of hydrogen-bond acceptors (Lipinski definition) is 6. The van der Waals surface area contributed by atoms with Crippen LogP contribution in [-0.2, 0) is 6.54 Å². The minimum atomic E-state index is -0.587. The smallest absolute Gasteiger partial charge is 0.328 e. The maximum Gasteiger partial charge on any atom is 0.354 e. The molecule has 10 heteroatoms. The Bertz CT molecular complexity index is 1030. The van der Waals surface area contributed by atoms with Crippen LogP contribution >= 0.6 is 0 Å². The Hall–Kier alpha value is -2.82. The highest BCUT2D eigenvalue weighted by Gasteiger charge is 2.23. The van der Waals surface area contributed by atoms with E-state index in [9.17, 15) is 14.0 Å². The second kappa shape index (κ2) is 10.4. The molecule has 2 fully saturated rings. The Labute approximate surface area is 192 Å². The van der Waals surface area contributed by atoms with Gasteiger partial charge >= 0.3 is 11.7 Å². The summed E-state index contributed by atoms with van der Waals surface area (Å²) in [5.41, 5.74) is 6.37. The third-order valence-electron chi connectivity index (χ3n) is 6.54. The maximum absolute atomic E-state index is 14.9. The number of nitrogens with zero attached hydrogens (tertiary/aromatic N) is 4. The van der Waals surface area contributed by atoms with Crippen molar-refractivity contribution in [3.63, 3.8) is 0 Å². The molecular weight excluding hydrogens is 425 g/mol. The van der Waals surface area contributed by atoms with Crippen molar-refractivity contribution in [1.82, 2.24) is 24.7 Å². The van der Waals surface area contributed by atoms with E-state index < -0.39 is 5.69 Å². The molecule has 0 bridgehead atoms. The molecule has 0 radical (unpaired) electrons. The summed E-state index contributed by atoms with van der Waals surface area (Å²) in [6.45, 7) is 3.15. The van der Waals surface area contributed by atoms with E-state index in [0.29, 0.717) is 36.9 Å². The summed E-state index contributed by atoms with van der Waals surface area (Å²) in [5, 5.41) is 5.83. The fourth-order valence-electron chi connectivity index (χ4n) is 4.48. The molecule has 0 unspecified atom stereocenters. The molecule has 2 heterocycles. The molecule has 1 aromatic heterocycles. The summed E-state index contributed by atoms with van der Waals surface area (Å²) in [6.07, 6.45) is 5.54. The zero-order chi connectivity index (χ0) is 23.4. The van der Waals surface area contributed by atoms with Crippen LogP contribution in [0.15, 0.2) is 35.3 Å². The molecule has 0 atom stereocenters. The lowest BCUT2D eigenvalue weighted by molar-refractivity contribution is 0.174. The first kappa shape index (κ1) is 23.3. The molecule has 1 aliphatic heterocycles. The van der Waals surface area contributed by atoms with E-state index in [2.05, 4.69) is 20.5 Å². The predicted octanol–water partition coefficient (Wildman–Crippen LogP) is 1.51. The van der Waals surface area contributed by atoms with E-state index in [-0.39, 0.29) is 23.7 Å². The van der Waals surface area contributed by atoms with E-state index >= 15 is 0 Å². The van der Waals surface area contributed by atoms with Gasteiger partial charge in [-0.25, -0.2) is 14.0 Å². The molecule has 2 aliphatic rings. The van der Waals surface area contributed by atoms with Crippen molar-refractivity contribution in [2.45, 2.75) is 44.3 Å². The van der Waals surface area contributed by atoms with Crippen LogP contribution in [0.3, 0.4) is 0 Å². The number of carbonyl (C=O) groups excluding carboxylic acids is 1. The number of halogens is 1. The van der Waals surface area contributed by atoms with Crippen molar-refractivity contribution < 1.29 is 9.18 Å². The summed E-state index contributed by atoms with van der Waals surface area (Å²) in [6, 6.07) is 6.70. The number of nitrogens with two attached hydrogens (primary N) is 1. The number of piperazine rings is 1. The van der Waals surface area contributed by atoms with Gasteiger partial charge in [-0.2, -0.15) is 4.98 Å². The van der Waals surface area contributed by atoms with Crippen molar-refractivity contribution in [3.05, 3.63) is 52.3 Å². The average molecular weight is 458 g/mol. The van der Waals surface area contributed by atoms with Gasteiger partial charge in [0.25, 0.3) is 0 Å². The largest absolute Gasteiger partial charge is 0.354 e. The summed E-state index contributed by atoms with van der Waals surface area (Å²) < 4.78 is 16.1. The molecule has 4 N–H and O–H groups in total. The predicted molar refractivity (Wildman–Crippen MR) is 125 cm³/mol. The van der Waals surface area contributed by atoms with Gasteiger partial charge in [-0.1, -0.05) is 6.07 Å². The SMILES string of the molecule is CN(Cc1ccc(-n2ccc(NC(=O)N3CCNCC3)nc2=O)cc1F)[C@H]1CC[C@H](N)CC1. The number of benzene rings is 1. The lowest BCUT2D eigenvalue weighted by Gasteiger charge is -2.33. The molecular formula is C23H32FN7O2. The van der Waals surface area contributed by atoms with Crippen LogP contribution < -0.4 is 22.1 Å². The lowest BCUT2D eigenvalue weighted by Crippen LogP contribution is -2.48. The molecule has 4 rings (SSSR count). The van der Waals surface area contributed by atoms with Gasteiger partial charge in [-0.05, 0) is 50.9 Å². The fourth-order valence-corrected chi connectivity index (χ4v) is 4.48. The van der Waals surface area contributed by atoms with E-state index in [1.807, 2.05) is 7.05 Å². The molecule has 1 aliphatic carbocycles. The van der Waals surface area contributed by atoms with E-state index in [1.54, 1.807) is 17.0 Å². The van der Waals surface area contributed by atoms with Gasteiger partial charge in [0.2, 0.25) is 0 Å². The van der Waals surface area contributed by atoms with Crippen LogP contribution in [0.2, 0.25) is 0 Å². The summed E-state index contributed by atoms with van der Waals surface area (Å²) >= 11 is 0. The van der Waals surface area contributed by atoms with Crippen LogP contribution in [0.5, 0.6) is 0 Å². The Morgan fingerprint density at radius 1 is 1.24 bits per heavy atom. The number of rotatable bonds is 5. The van der Waals surface area contributed by atoms with Crippen molar-refractivity contribution in [2.75, 3.05) is 38.5 Å². The lowest BCUT2D eigenvalue weighted by atomic mass is 9.91. The Morgan fingerprint density at radius 2 is 1.97 bits per heavy atom. The first-order chi connectivity index (χ1) is 15.9. The number of hydrogen-bond donors (Lipinski definition) is 3. The van der Waals surface area contributed by atoms with E-state index in [0.717, 1.165) is 38.8 Å². The Kier molecular flexibility index (Phi) is 7.36. The van der Waals surface area contributed by atoms with Gasteiger partial charge in [0, 0.05) is 56.6 Å². The number of urea groups is 1. The van der Waals surface area contributed by atoms with Crippen molar-refractivity contribution in [1.29, 1.82) is 0 Å². The molecule has 2 aromatic rings. The topological polar surface area (TPSA) is 109 Å². The van der Waals surface area contributed by atoms with Crippen LogP contribution in [0.4, 0.5) is 15.0 Å². The molecule has 2 amide bonds. The zero-order valence-electron chi connectivity index (χ0n) is 19.0. The molecule has 0 spiro atoms. The highest BCUT2D eigenvalue weighted by atomic mass is 19.1. The second-order valence-electron chi connectivity index (χ2n) is 8.89. The quantitative estimate of drug-likeness (QED) is 0.628. The fraction of sp³-hybridized carbons (Fsp3) is 0.522. The molecule has 1 saturated carbocycles. The van der Waals surface area contributed by atoms with Crippen LogP contribution in [0.1, 0.15) is 31.2 Å². The number of aromatic nitrogens is 2. The average Bonchev–Trinajstić information content (AvgIpc) is 2.81. The van der Waals surface area contributed by atoms with E-state index in [1.165, 1.54) is 22.9 Å². The molecule has 1 saturated heterocycles. The van der Waals surface area contributed by atoms with Gasteiger partial charge in [-0.15, -0.1) is 0 Å². The Morgan fingerprint density at radius 3 is 2.64 bits per heavy atom. The highest BCUT2D eigenvalue weighted by Crippen LogP contribution is 2.23. The molecule has 33 heavy (non-hydrogen) atoms. The van der Waals surface area contributed by atoms with Crippen LogP contribution in [0.25, 0.3) is 5.69 Å². The normalized spacial score (nSPS) is 21.3. The molecule has 178 valence electrons. The second-order valence-corrected chi connectivity index (χ2v) is 8.89. The van der Waals surface area contributed by atoms with Gasteiger partial charge in [0.1, 0.15) is 11.6 Å². The third-order valence-corrected chi connectivity index (χ3v) is 6.54. The summed E-state index contributed by atoms with van der Waals surface area (Å²) in [4.78, 5) is 32.6. The maximum atomic E-state index is 14.9. The number of nitrogens with one attached hydrogen (secondary N) is 2. The van der Waals surface area contributed by atoms with Crippen molar-refractivity contribution in [3.8, 4) is 5.69 Å². The summed E-state index contributed by atoms with van der Waals surface area (Å²) in [5.74, 6) is -0.194. The van der Waals surface area contributed by atoms with Gasteiger partial charge in [-0.3, -0.25) is 14.8 Å². The van der Waals surface area contributed by atoms with Gasteiger partial charge in [0.05, 0.1) is 5.69 Å². The van der Waals surface area contributed by atoms with Crippen molar-refractivity contribution in [2.24, 2.45) is 5.73 Å². The Balaban J connectivity index is 1.41. The third kappa shape index (κ3) is 5.76. The van der Waals surface area contributed by atoms with Gasteiger partial charge < -0.3 is 16.0 Å². The first-order valence-corrected chi connectivity index (χ1v) is 11.5. The molecule has 1 aromatic carbocycles. The van der Waals surface area contributed by atoms with Crippen molar-refractivity contribution >= 4 is 11.8 Å². The monoisotopic (exact) mass is 457 g/mol. The minimum absolute atomic E-state index is 0.172. The van der Waals surface area contributed by atoms with E-state index in [4.69, 9.17) is 5.73 Å². The first-order valence-electron chi connectivity index (χ1n) is 11.5. The van der Waals surface area contributed by atoms with Crippen LogP contribution in [0, 0.1) is 5.82 Å². The molecule has 9 nitrogen and oxygen atoms in total. The number of anilines is 1. The van der Waals surface area contributed by atoms with Crippen LogP contribution in [-0.4, -0.2) is 70.7 Å². The van der Waals surface area contributed by atoms with Gasteiger partial charge in [0.15, 0.2) is 0 Å². The number of amides is 2. The zero-order valence-corrected chi connectivity index (χ0v) is 19.0. The minimum Gasteiger partial charge on any atom is -0.328 e. The highest BCUT2D eigenvalue weighted by molar-refractivity contribution is 5.88. The standard InChI is InChI=1S/C23H32FN7O2/c1-29(18-6-3-17(25)4-7-18)15-16-2-5-19(14-20(16)24)31-11-8-21(28-23(31)33)27-22(32)30-12-9-26-10-13-30/h2,5,8,11,14,17-18,26H,3-4,6-7,9-10,12-13,15,25H2,1H3,(H,27,28,32,33)/t17-,18-.